The van der Waals surface area contributed by atoms with Crippen molar-refractivity contribution < 1.29 is 5.11 Å². The van der Waals surface area contributed by atoms with Crippen LogP contribution in [0.2, 0.25) is 0 Å². The molecule has 4 nitrogen and oxygen atoms in total. The van der Waals surface area contributed by atoms with Gasteiger partial charge in [0.15, 0.2) is 0 Å². The van der Waals surface area contributed by atoms with Gasteiger partial charge >= 0.3 is 0 Å². The standard InChI is InChI=1S/C11H25N3O/c1-11(2)9-14(6-5-13(11)3)8-10(12)4-7-15/h10,15H,4-9,12H2,1-3H3. The number of nitrogens with zero attached hydrogens (tertiary/aromatic N) is 2. The maximum absolute atomic E-state index is 8.80. The molecule has 1 heterocycles. The molecule has 0 aromatic rings. The Morgan fingerprint density at radius 2 is 2.07 bits per heavy atom. The highest BCUT2D eigenvalue weighted by Crippen LogP contribution is 2.18. The van der Waals surface area contributed by atoms with E-state index in [4.69, 9.17) is 10.8 Å². The molecule has 0 aliphatic carbocycles. The number of aliphatic hydroxyl groups excluding tert-OH is 1. The summed E-state index contributed by atoms with van der Waals surface area (Å²) in [5.74, 6) is 0. The van der Waals surface area contributed by atoms with Gasteiger partial charge in [-0.2, -0.15) is 0 Å². The predicted molar refractivity (Wildman–Crippen MR) is 62.8 cm³/mol. The van der Waals surface area contributed by atoms with Gasteiger partial charge in [0, 0.05) is 44.4 Å². The first-order valence-electron chi connectivity index (χ1n) is 5.76. The predicted octanol–water partition coefficient (Wildman–Crippen LogP) is -0.278. The molecule has 0 aromatic heterocycles. The molecule has 3 N–H and O–H groups in total. The minimum atomic E-state index is 0.106. The molecule has 1 rings (SSSR count). The second kappa shape index (κ2) is 5.25. The lowest BCUT2D eigenvalue weighted by molar-refractivity contribution is 0.0360. The zero-order chi connectivity index (χ0) is 11.5. The Balaban J connectivity index is 2.38. The average Bonchev–Trinajstić information content (AvgIpc) is 2.11. The number of nitrogens with two attached hydrogens (primary N) is 1. The summed E-state index contributed by atoms with van der Waals surface area (Å²) in [6, 6.07) is 0.106. The highest BCUT2D eigenvalue weighted by Gasteiger charge is 2.31. The first-order chi connectivity index (χ1) is 6.95. The highest BCUT2D eigenvalue weighted by molar-refractivity contribution is 4.89. The van der Waals surface area contributed by atoms with Crippen LogP contribution in [0.3, 0.4) is 0 Å². The van der Waals surface area contributed by atoms with Crippen LogP contribution in [0.5, 0.6) is 0 Å². The third kappa shape index (κ3) is 3.72. The summed E-state index contributed by atoms with van der Waals surface area (Å²) in [6.07, 6.45) is 0.701. The summed E-state index contributed by atoms with van der Waals surface area (Å²) in [5, 5.41) is 8.80. The van der Waals surface area contributed by atoms with Gasteiger partial charge in [-0.1, -0.05) is 0 Å². The highest BCUT2D eigenvalue weighted by atomic mass is 16.3. The lowest BCUT2D eigenvalue weighted by Crippen LogP contribution is -2.59. The van der Waals surface area contributed by atoms with Crippen LogP contribution in [0.15, 0.2) is 0 Å². The zero-order valence-corrected chi connectivity index (χ0v) is 10.2. The van der Waals surface area contributed by atoms with Gasteiger partial charge in [0.05, 0.1) is 0 Å². The molecule has 0 radical (unpaired) electrons. The fraction of sp³-hybridized carbons (Fsp3) is 1.00. The second-order valence-corrected chi connectivity index (χ2v) is 5.24. The molecule has 1 atom stereocenters. The summed E-state index contributed by atoms with van der Waals surface area (Å²) in [5.41, 5.74) is 6.16. The lowest BCUT2D eigenvalue weighted by atomic mass is 9.99. The number of hydrogen-bond donors (Lipinski definition) is 2. The Hall–Kier alpha value is -0.160. The maximum atomic E-state index is 8.80. The molecule has 1 aliphatic rings. The van der Waals surface area contributed by atoms with E-state index in [0.29, 0.717) is 6.42 Å². The lowest BCUT2D eigenvalue weighted by Gasteiger charge is -2.46. The van der Waals surface area contributed by atoms with Crippen molar-refractivity contribution in [1.82, 2.24) is 9.80 Å². The van der Waals surface area contributed by atoms with Crippen LogP contribution in [0, 0.1) is 0 Å². The molecular formula is C11H25N3O. The summed E-state index contributed by atoms with van der Waals surface area (Å²) in [7, 11) is 2.17. The minimum absolute atomic E-state index is 0.106. The van der Waals surface area contributed by atoms with Gasteiger partial charge < -0.3 is 10.8 Å². The van der Waals surface area contributed by atoms with Crippen LogP contribution >= 0.6 is 0 Å². The van der Waals surface area contributed by atoms with Crippen LogP contribution in [-0.2, 0) is 0 Å². The first-order valence-corrected chi connectivity index (χ1v) is 5.76. The summed E-state index contributed by atoms with van der Waals surface area (Å²) in [4.78, 5) is 4.79. The number of hydrogen-bond acceptors (Lipinski definition) is 4. The van der Waals surface area contributed by atoms with Gasteiger partial charge in [0.1, 0.15) is 0 Å². The molecule has 1 saturated heterocycles. The minimum Gasteiger partial charge on any atom is -0.396 e. The van der Waals surface area contributed by atoms with E-state index in [1.807, 2.05) is 0 Å². The molecule has 0 amide bonds. The van der Waals surface area contributed by atoms with E-state index in [1.54, 1.807) is 0 Å². The molecule has 4 heteroatoms. The molecule has 1 aliphatic heterocycles. The largest absolute Gasteiger partial charge is 0.396 e. The molecule has 15 heavy (non-hydrogen) atoms. The van der Waals surface area contributed by atoms with E-state index in [9.17, 15) is 0 Å². The van der Waals surface area contributed by atoms with E-state index in [2.05, 4.69) is 30.7 Å². The third-order valence-electron chi connectivity index (χ3n) is 3.39. The molecular weight excluding hydrogens is 190 g/mol. The molecule has 90 valence electrons. The van der Waals surface area contributed by atoms with Crippen molar-refractivity contribution in [2.75, 3.05) is 39.8 Å². The van der Waals surface area contributed by atoms with Crippen LogP contribution in [-0.4, -0.2) is 66.3 Å². The Labute approximate surface area is 93.0 Å². The Bertz CT molecular complexity index is 196. The summed E-state index contributed by atoms with van der Waals surface area (Å²) in [6.45, 7) is 8.85. The van der Waals surface area contributed by atoms with Gasteiger partial charge in [0.25, 0.3) is 0 Å². The summed E-state index contributed by atoms with van der Waals surface area (Å²) < 4.78 is 0. The molecule has 1 unspecified atom stereocenters. The maximum Gasteiger partial charge on any atom is 0.0446 e. The molecule has 0 spiro atoms. The quantitative estimate of drug-likeness (QED) is 0.677. The second-order valence-electron chi connectivity index (χ2n) is 5.24. The van der Waals surface area contributed by atoms with Gasteiger partial charge in [-0.3, -0.25) is 9.80 Å². The van der Waals surface area contributed by atoms with Crippen molar-refractivity contribution in [3.63, 3.8) is 0 Å². The molecule has 0 saturated carbocycles. The topological polar surface area (TPSA) is 52.7 Å². The van der Waals surface area contributed by atoms with Gasteiger partial charge in [-0.05, 0) is 27.3 Å². The van der Waals surface area contributed by atoms with E-state index >= 15 is 0 Å². The van der Waals surface area contributed by atoms with Crippen molar-refractivity contribution in [1.29, 1.82) is 0 Å². The van der Waals surface area contributed by atoms with E-state index in [-0.39, 0.29) is 18.2 Å². The average molecular weight is 215 g/mol. The smallest absolute Gasteiger partial charge is 0.0446 e. The molecule has 0 bridgehead atoms. The van der Waals surface area contributed by atoms with Crippen molar-refractivity contribution in [2.24, 2.45) is 5.73 Å². The van der Waals surface area contributed by atoms with Crippen LogP contribution in [0.1, 0.15) is 20.3 Å². The van der Waals surface area contributed by atoms with Crippen molar-refractivity contribution >= 4 is 0 Å². The van der Waals surface area contributed by atoms with Crippen LogP contribution < -0.4 is 5.73 Å². The Morgan fingerprint density at radius 3 is 2.60 bits per heavy atom. The van der Waals surface area contributed by atoms with E-state index in [0.717, 1.165) is 26.2 Å². The normalized spacial score (nSPS) is 25.4. The van der Waals surface area contributed by atoms with Crippen LogP contribution in [0.25, 0.3) is 0 Å². The number of rotatable bonds is 4. The zero-order valence-electron chi connectivity index (χ0n) is 10.2. The number of piperazine rings is 1. The van der Waals surface area contributed by atoms with E-state index in [1.165, 1.54) is 0 Å². The van der Waals surface area contributed by atoms with Crippen molar-refractivity contribution in [3.05, 3.63) is 0 Å². The SMILES string of the molecule is CN1CCN(CC(N)CCO)CC1(C)C. The monoisotopic (exact) mass is 215 g/mol. The Kier molecular flexibility index (Phi) is 4.52. The van der Waals surface area contributed by atoms with Crippen LogP contribution in [0.4, 0.5) is 0 Å². The first kappa shape index (κ1) is 12.9. The van der Waals surface area contributed by atoms with Gasteiger partial charge in [-0.15, -0.1) is 0 Å². The van der Waals surface area contributed by atoms with Crippen molar-refractivity contribution in [2.45, 2.75) is 31.8 Å². The fourth-order valence-corrected chi connectivity index (χ4v) is 2.09. The molecule has 0 aromatic carbocycles. The number of likely N-dealkylation sites (N-methyl/N-ethyl adjacent to an activating group) is 1. The van der Waals surface area contributed by atoms with E-state index < -0.39 is 0 Å². The molecule has 1 fully saturated rings. The van der Waals surface area contributed by atoms with Crippen molar-refractivity contribution in [3.8, 4) is 0 Å². The van der Waals surface area contributed by atoms with Gasteiger partial charge in [-0.25, -0.2) is 0 Å². The summed E-state index contributed by atoms with van der Waals surface area (Å²) >= 11 is 0. The Morgan fingerprint density at radius 1 is 1.40 bits per heavy atom. The fourth-order valence-electron chi connectivity index (χ4n) is 2.09. The third-order valence-corrected chi connectivity index (χ3v) is 3.39. The number of aliphatic hydroxyl groups is 1. The van der Waals surface area contributed by atoms with Gasteiger partial charge in [0.2, 0.25) is 0 Å².